The monoisotopic (exact) mass is 268 g/mol. The van der Waals surface area contributed by atoms with Crippen LogP contribution in [0.3, 0.4) is 0 Å². The van der Waals surface area contributed by atoms with E-state index in [1.807, 2.05) is 0 Å². The Morgan fingerprint density at radius 2 is 2.05 bits per heavy atom. The van der Waals surface area contributed by atoms with E-state index in [-0.39, 0.29) is 24.4 Å². The molecule has 0 aromatic heterocycles. The average molecular weight is 268 g/mol. The van der Waals surface area contributed by atoms with E-state index in [1.165, 1.54) is 18.2 Å². The van der Waals surface area contributed by atoms with Crippen LogP contribution in [-0.4, -0.2) is 35.1 Å². The van der Waals surface area contributed by atoms with Crippen molar-refractivity contribution in [3.8, 4) is 5.75 Å². The highest BCUT2D eigenvalue weighted by Gasteiger charge is 2.14. The third-order valence-corrected chi connectivity index (χ3v) is 2.08. The lowest BCUT2D eigenvalue weighted by Gasteiger charge is -2.06. The molecule has 102 valence electrons. The smallest absolute Gasteiger partial charge is 0.310 e. The maximum atomic E-state index is 11.3. The zero-order valence-electron chi connectivity index (χ0n) is 9.87. The van der Waals surface area contributed by atoms with Crippen molar-refractivity contribution < 1.29 is 24.4 Å². The van der Waals surface area contributed by atoms with Gasteiger partial charge in [-0.2, -0.15) is 0 Å². The standard InChI is InChI=1S/C11H12N2O6/c14-10(12-6-5-11(15)16)7-19-9-4-2-1-3-8(9)13(17)18/h1-4H,5-7H2,(H,12,14)(H,15,16). The molecule has 0 aliphatic rings. The number of ether oxygens (including phenoxy) is 1. The lowest BCUT2D eigenvalue weighted by atomic mass is 10.3. The van der Waals surface area contributed by atoms with Crippen LogP contribution in [0.15, 0.2) is 24.3 Å². The van der Waals surface area contributed by atoms with Gasteiger partial charge in [-0.3, -0.25) is 19.7 Å². The molecule has 0 heterocycles. The Morgan fingerprint density at radius 3 is 2.68 bits per heavy atom. The van der Waals surface area contributed by atoms with Crippen molar-refractivity contribution >= 4 is 17.6 Å². The fourth-order valence-corrected chi connectivity index (χ4v) is 1.23. The van der Waals surface area contributed by atoms with Gasteiger partial charge < -0.3 is 15.2 Å². The van der Waals surface area contributed by atoms with Gasteiger partial charge in [0.05, 0.1) is 11.3 Å². The van der Waals surface area contributed by atoms with Crippen molar-refractivity contribution in [3.63, 3.8) is 0 Å². The van der Waals surface area contributed by atoms with Crippen molar-refractivity contribution in [2.45, 2.75) is 6.42 Å². The molecular weight excluding hydrogens is 256 g/mol. The van der Waals surface area contributed by atoms with Gasteiger partial charge in [-0.05, 0) is 6.07 Å². The molecule has 0 fully saturated rings. The third kappa shape index (κ3) is 5.02. The summed E-state index contributed by atoms with van der Waals surface area (Å²) in [6.07, 6.45) is -0.197. The van der Waals surface area contributed by atoms with Gasteiger partial charge in [0.2, 0.25) is 0 Å². The van der Waals surface area contributed by atoms with Gasteiger partial charge in [0.15, 0.2) is 12.4 Å². The van der Waals surface area contributed by atoms with E-state index in [1.54, 1.807) is 6.07 Å². The molecule has 0 aliphatic carbocycles. The minimum Gasteiger partial charge on any atom is -0.481 e. The summed E-state index contributed by atoms with van der Waals surface area (Å²) in [4.78, 5) is 31.6. The largest absolute Gasteiger partial charge is 0.481 e. The van der Waals surface area contributed by atoms with Crippen LogP contribution in [0, 0.1) is 10.1 Å². The zero-order valence-corrected chi connectivity index (χ0v) is 9.87. The summed E-state index contributed by atoms with van der Waals surface area (Å²) in [7, 11) is 0. The number of para-hydroxylation sites is 2. The molecule has 0 bridgehead atoms. The first-order valence-electron chi connectivity index (χ1n) is 5.35. The van der Waals surface area contributed by atoms with Crippen LogP contribution in [0.4, 0.5) is 5.69 Å². The summed E-state index contributed by atoms with van der Waals surface area (Å²) in [6.45, 7) is -0.432. The summed E-state index contributed by atoms with van der Waals surface area (Å²) in [6, 6.07) is 5.67. The number of hydrogen-bond donors (Lipinski definition) is 2. The molecule has 0 saturated heterocycles. The van der Waals surface area contributed by atoms with Crippen LogP contribution in [0.25, 0.3) is 0 Å². The Hall–Kier alpha value is -2.64. The maximum Gasteiger partial charge on any atom is 0.310 e. The van der Waals surface area contributed by atoms with Crippen LogP contribution in [0.1, 0.15) is 6.42 Å². The molecule has 0 saturated carbocycles. The Balaban J connectivity index is 2.46. The molecule has 8 nitrogen and oxygen atoms in total. The lowest BCUT2D eigenvalue weighted by Crippen LogP contribution is -2.30. The predicted octanol–water partition coefficient (Wildman–Crippen LogP) is 0.564. The maximum absolute atomic E-state index is 11.3. The number of rotatable bonds is 7. The van der Waals surface area contributed by atoms with Crippen molar-refractivity contribution in [2.75, 3.05) is 13.2 Å². The first-order chi connectivity index (χ1) is 9.00. The second-order valence-corrected chi connectivity index (χ2v) is 3.51. The van der Waals surface area contributed by atoms with E-state index < -0.39 is 23.4 Å². The predicted molar refractivity (Wildman–Crippen MR) is 63.9 cm³/mol. The number of amides is 1. The number of carbonyl (C=O) groups excluding carboxylic acids is 1. The van der Waals surface area contributed by atoms with Crippen LogP contribution in [0.2, 0.25) is 0 Å². The first kappa shape index (κ1) is 14.4. The zero-order chi connectivity index (χ0) is 14.3. The fraction of sp³-hybridized carbons (Fsp3) is 0.273. The Kier molecular flexibility index (Phi) is 5.27. The number of nitro benzene ring substituents is 1. The molecule has 1 amide bonds. The van der Waals surface area contributed by atoms with Crippen molar-refractivity contribution in [3.05, 3.63) is 34.4 Å². The number of hydrogen-bond acceptors (Lipinski definition) is 5. The van der Waals surface area contributed by atoms with Crippen molar-refractivity contribution in [1.29, 1.82) is 0 Å². The highest BCUT2D eigenvalue weighted by Crippen LogP contribution is 2.25. The minimum absolute atomic E-state index is 0.0131. The molecule has 1 rings (SSSR count). The molecule has 1 aromatic carbocycles. The van der Waals surface area contributed by atoms with E-state index in [0.29, 0.717) is 0 Å². The number of benzene rings is 1. The SMILES string of the molecule is O=C(O)CCNC(=O)COc1ccccc1[N+](=O)[O-]. The molecule has 0 radical (unpaired) electrons. The van der Waals surface area contributed by atoms with Gasteiger partial charge in [-0.25, -0.2) is 0 Å². The van der Waals surface area contributed by atoms with E-state index in [2.05, 4.69) is 5.32 Å². The van der Waals surface area contributed by atoms with Gasteiger partial charge in [0.1, 0.15) is 0 Å². The number of nitro groups is 1. The highest BCUT2D eigenvalue weighted by atomic mass is 16.6. The number of aliphatic carboxylic acids is 1. The normalized spacial score (nSPS) is 9.68. The minimum atomic E-state index is -1.03. The first-order valence-corrected chi connectivity index (χ1v) is 5.35. The van der Waals surface area contributed by atoms with Crippen molar-refractivity contribution in [2.24, 2.45) is 0 Å². The van der Waals surface area contributed by atoms with Crippen molar-refractivity contribution in [1.82, 2.24) is 5.32 Å². The molecule has 0 atom stereocenters. The summed E-state index contributed by atoms with van der Waals surface area (Å²) in [5.41, 5.74) is -0.235. The molecule has 8 heteroatoms. The highest BCUT2D eigenvalue weighted by molar-refractivity contribution is 5.78. The molecule has 0 aliphatic heterocycles. The quantitative estimate of drug-likeness (QED) is 0.551. The molecule has 2 N–H and O–H groups in total. The van der Waals surface area contributed by atoms with Crippen LogP contribution in [0.5, 0.6) is 5.75 Å². The van der Waals surface area contributed by atoms with Gasteiger partial charge in [0.25, 0.3) is 5.91 Å². The van der Waals surface area contributed by atoms with E-state index in [0.717, 1.165) is 0 Å². The summed E-state index contributed by atoms with van der Waals surface area (Å²) in [5.74, 6) is -1.58. The summed E-state index contributed by atoms with van der Waals surface area (Å²) in [5, 5.41) is 21.4. The number of carboxylic acids is 1. The molecule has 0 unspecified atom stereocenters. The van der Waals surface area contributed by atoms with Crippen LogP contribution < -0.4 is 10.1 Å². The Bertz CT molecular complexity index is 488. The molecule has 0 spiro atoms. The van der Waals surface area contributed by atoms with Gasteiger partial charge in [-0.1, -0.05) is 12.1 Å². The van der Waals surface area contributed by atoms with Gasteiger partial charge in [0, 0.05) is 12.6 Å². The molecule has 1 aromatic rings. The van der Waals surface area contributed by atoms with Crippen LogP contribution >= 0.6 is 0 Å². The summed E-state index contributed by atoms with van der Waals surface area (Å²) >= 11 is 0. The number of nitrogens with one attached hydrogen (secondary N) is 1. The van der Waals surface area contributed by atoms with Crippen LogP contribution in [-0.2, 0) is 9.59 Å². The molecular formula is C11H12N2O6. The number of nitrogens with zero attached hydrogens (tertiary/aromatic N) is 1. The lowest BCUT2D eigenvalue weighted by molar-refractivity contribution is -0.385. The summed E-state index contributed by atoms with van der Waals surface area (Å²) < 4.78 is 5.02. The fourth-order valence-electron chi connectivity index (χ4n) is 1.23. The third-order valence-electron chi connectivity index (χ3n) is 2.08. The number of carbonyl (C=O) groups is 2. The van der Waals surface area contributed by atoms with E-state index in [4.69, 9.17) is 9.84 Å². The van der Waals surface area contributed by atoms with Gasteiger partial charge in [-0.15, -0.1) is 0 Å². The van der Waals surface area contributed by atoms with Gasteiger partial charge >= 0.3 is 11.7 Å². The molecule has 19 heavy (non-hydrogen) atoms. The van der Waals surface area contributed by atoms with E-state index >= 15 is 0 Å². The Labute approximate surface area is 108 Å². The topological polar surface area (TPSA) is 119 Å². The van der Waals surface area contributed by atoms with E-state index in [9.17, 15) is 19.7 Å². The Morgan fingerprint density at radius 1 is 1.37 bits per heavy atom. The second-order valence-electron chi connectivity index (χ2n) is 3.51. The second kappa shape index (κ2) is 6.94. The number of carboxylic acid groups (broad SMARTS) is 1. The average Bonchev–Trinajstić information content (AvgIpc) is 2.36.